The van der Waals surface area contributed by atoms with Gasteiger partial charge in [-0.15, -0.1) is 12.6 Å². The number of aromatic nitrogens is 2. The van der Waals surface area contributed by atoms with E-state index in [4.69, 9.17) is 23.2 Å². The maximum Gasteiger partial charge on any atom is 0.305 e. The summed E-state index contributed by atoms with van der Waals surface area (Å²) in [5, 5.41) is 2.36. The van der Waals surface area contributed by atoms with E-state index in [1.165, 1.54) is 11.3 Å². The molecule has 0 atom stereocenters. The molecule has 23 heavy (non-hydrogen) atoms. The van der Waals surface area contributed by atoms with Crippen LogP contribution in [0.25, 0.3) is 0 Å². The lowest BCUT2D eigenvalue weighted by Crippen LogP contribution is -1.89. The van der Waals surface area contributed by atoms with E-state index < -0.39 is 0 Å². The Balaban J connectivity index is 1.75. The Morgan fingerprint density at radius 2 is 2.17 bits per heavy atom. The molecule has 9 heteroatoms. The van der Waals surface area contributed by atoms with Crippen molar-refractivity contribution in [2.45, 2.75) is 11.4 Å². The van der Waals surface area contributed by atoms with Crippen molar-refractivity contribution in [3.8, 4) is 0 Å². The fraction of sp³-hybridized carbons (Fsp3) is 0.0714. The summed E-state index contributed by atoms with van der Waals surface area (Å²) in [5.74, 6) is 0. The highest BCUT2D eigenvalue weighted by atomic mass is 35.5. The lowest BCUT2D eigenvalue weighted by molar-refractivity contribution is 1.16. The first kappa shape index (κ1) is 16.7. The molecule has 0 spiro atoms. The lowest BCUT2D eigenvalue weighted by atomic mass is 10.1. The van der Waals surface area contributed by atoms with Gasteiger partial charge in [-0.3, -0.25) is 4.79 Å². The fourth-order valence-corrected chi connectivity index (χ4v) is 4.06. The molecule has 0 fully saturated rings. The van der Waals surface area contributed by atoms with Gasteiger partial charge in [-0.25, -0.2) is 9.98 Å². The van der Waals surface area contributed by atoms with Crippen LogP contribution in [0.15, 0.2) is 39.2 Å². The quantitative estimate of drug-likeness (QED) is 0.485. The smallest absolute Gasteiger partial charge is 0.305 e. The largest absolute Gasteiger partial charge is 0.307 e. The molecule has 4 nitrogen and oxygen atoms in total. The van der Waals surface area contributed by atoms with Gasteiger partial charge in [0.1, 0.15) is 0 Å². The summed E-state index contributed by atoms with van der Waals surface area (Å²) in [7, 11) is 0. The topological polar surface area (TPSA) is 58.1 Å². The third kappa shape index (κ3) is 4.24. The van der Waals surface area contributed by atoms with Gasteiger partial charge in [0.05, 0.1) is 16.1 Å². The molecule has 0 saturated heterocycles. The summed E-state index contributed by atoms with van der Waals surface area (Å²) in [4.78, 5) is 23.9. The van der Waals surface area contributed by atoms with Crippen molar-refractivity contribution in [1.82, 2.24) is 9.97 Å². The SMILES string of the molecule is O=c1[nH]c(S)c(/C=N/c2ncc(Cc3ccc(Cl)cc3Cl)s2)s1. The molecule has 0 amide bonds. The van der Waals surface area contributed by atoms with E-state index in [0.717, 1.165) is 21.8 Å². The first-order valence-electron chi connectivity index (χ1n) is 6.36. The summed E-state index contributed by atoms with van der Waals surface area (Å²) in [6, 6.07) is 5.43. The maximum absolute atomic E-state index is 11.2. The van der Waals surface area contributed by atoms with Crippen molar-refractivity contribution in [3.63, 3.8) is 0 Å². The van der Waals surface area contributed by atoms with Crippen LogP contribution in [-0.2, 0) is 6.42 Å². The molecule has 0 saturated carbocycles. The van der Waals surface area contributed by atoms with E-state index in [1.54, 1.807) is 18.5 Å². The molecule has 0 radical (unpaired) electrons. The maximum atomic E-state index is 11.2. The van der Waals surface area contributed by atoms with Gasteiger partial charge < -0.3 is 4.98 Å². The fourth-order valence-electron chi connectivity index (χ4n) is 1.82. The monoisotopic (exact) mass is 401 g/mol. The number of thiazole rings is 2. The van der Waals surface area contributed by atoms with Crippen LogP contribution >= 0.6 is 58.5 Å². The summed E-state index contributed by atoms with van der Waals surface area (Å²) in [5.41, 5.74) is 0.983. The van der Waals surface area contributed by atoms with E-state index in [2.05, 4.69) is 27.6 Å². The molecular formula is C14H9Cl2N3OS3. The van der Waals surface area contributed by atoms with Crippen LogP contribution < -0.4 is 4.87 Å². The van der Waals surface area contributed by atoms with Crippen LogP contribution in [-0.4, -0.2) is 16.2 Å². The molecule has 0 aliphatic heterocycles. The van der Waals surface area contributed by atoms with Gasteiger partial charge in [0.15, 0.2) is 0 Å². The number of nitrogens with one attached hydrogen (secondary N) is 1. The van der Waals surface area contributed by atoms with Crippen molar-refractivity contribution in [2.75, 3.05) is 0 Å². The van der Waals surface area contributed by atoms with Crippen molar-refractivity contribution in [3.05, 3.63) is 59.4 Å². The second kappa shape index (κ2) is 7.19. The molecule has 0 aliphatic carbocycles. The summed E-state index contributed by atoms with van der Waals surface area (Å²) >= 11 is 18.8. The number of aliphatic imine (C=N–C) groups is 1. The van der Waals surface area contributed by atoms with Gasteiger partial charge in [-0.05, 0) is 17.7 Å². The van der Waals surface area contributed by atoms with Gasteiger partial charge in [0.25, 0.3) is 0 Å². The highest BCUT2D eigenvalue weighted by Gasteiger charge is 2.07. The molecule has 1 aromatic carbocycles. The minimum atomic E-state index is -0.159. The molecule has 2 aromatic heterocycles. The number of H-pyrrole nitrogens is 1. The van der Waals surface area contributed by atoms with E-state index in [-0.39, 0.29) is 4.87 Å². The normalized spacial score (nSPS) is 11.4. The van der Waals surface area contributed by atoms with E-state index in [1.807, 2.05) is 12.1 Å². The van der Waals surface area contributed by atoms with Gasteiger partial charge >= 0.3 is 4.87 Å². The number of rotatable bonds is 4. The van der Waals surface area contributed by atoms with Crippen LogP contribution in [0.3, 0.4) is 0 Å². The van der Waals surface area contributed by atoms with Crippen LogP contribution in [0, 0.1) is 0 Å². The third-order valence-corrected chi connectivity index (χ3v) is 5.68. The Bertz CT molecular complexity index is 929. The van der Waals surface area contributed by atoms with Crippen molar-refractivity contribution in [1.29, 1.82) is 0 Å². The van der Waals surface area contributed by atoms with Gasteiger partial charge in [-0.1, -0.05) is 51.9 Å². The van der Waals surface area contributed by atoms with Gasteiger partial charge in [-0.2, -0.15) is 0 Å². The number of halogens is 2. The van der Waals surface area contributed by atoms with Crippen LogP contribution in [0.2, 0.25) is 10.0 Å². The number of hydrogen-bond acceptors (Lipinski definition) is 6. The Morgan fingerprint density at radius 3 is 2.87 bits per heavy atom. The zero-order chi connectivity index (χ0) is 16.4. The van der Waals surface area contributed by atoms with E-state index >= 15 is 0 Å². The summed E-state index contributed by atoms with van der Waals surface area (Å²) < 4.78 is 0. The number of hydrogen-bond donors (Lipinski definition) is 2. The first-order valence-corrected chi connectivity index (χ1v) is 9.19. The van der Waals surface area contributed by atoms with Gasteiger partial charge in [0, 0.05) is 27.5 Å². The number of benzene rings is 1. The highest BCUT2D eigenvalue weighted by molar-refractivity contribution is 7.80. The Hall–Kier alpha value is -1.12. The standard InChI is InChI=1S/C14H9Cl2N3OS3/c15-8-2-1-7(10(16)4-8)3-9-5-17-13(22-9)18-6-11-12(21)19-14(20)23-11/h1-2,4-6,21H,3H2,(H,19,20)/b18-6+. The molecule has 0 bridgehead atoms. The third-order valence-electron chi connectivity index (χ3n) is 2.87. The highest BCUT2D eigenvalue weighted by Crippen LogP contribution is 2.28. The van der Waals surface area contributed by atoms with E-state index in [9.17, 15) is 4.79 Å². The predicted octanol–water partition coefficient (Wildman–Crippen LogP) is 4.83. The molecule has 0 unspecified atom stereocenters. The Kier molecular flexibility index (Phi) is 5.23. The number of aromatic amines is 1. The predicted molar refractivity (Wildman–Crippen MR) is 101 cm³/mol. The average Bonchev–Trinajstić information content (AvgIpc) is 3.06. The molecule has 2 heterocycles. The van der Waals surface area contributed by atoms with Crippen molar-refractivity contribution >= 4 is 69.9 Å². The van der Waals surface area contributed by atoms with Crippen LogP contribution in [0.5, 0.6) is 0 Å². The molecular weight excluding hydrogens is 393 g/mol. The molecule has 3 aromatic rings. The molecule has 1 N–H and O–H groups in total. The first-order chi connectivity index (χ1) is 11.0. The number of nitrogens with zero attached hydrogens (tertiary/aromatic N) is 2. The molecule has 3 rings (SSSR count). The number of thiol groups is 1. The van der Waals surface area contributed by atoms with Crippen molar-refractivity contribution < 1.29 is 0 Å². The molecule has 118 valence electrons. The van der Waals surface area contributed by atoms with Crippen LogP contribution in [0.4, 0.5) is 5.13 Å². The molecule has 0 aliphatic rings. The van der Waals surface area contributed by atoms with Crippen LogP contribution in [0.1, 0.15) is 15.3 Å². The van der Waals surface area contributed by atoms with E-state index in [0.29, 0.717) is 31.5 Å². The lowest BCUT2D eigenvalue weighted by Gasteiger charge is -2.02. The van der Waals surface area contributed by atoms with Gasteiger partial charge in [0.2, 0.25) is 5.13 Å². The summed E-state index contributed by atoms with van der Waals surface area (Å²) in [6.45, 7) is 0. The minimum Gasteiger partial charge on any atom is -0.307 e. The zero-order valence-electron chi connectivity index (χ0n) is 11.4. The second-order valence-corrected chi connectivity index (χ2v) is 7.91. The van der Waals surface area contributed by atoms with Crippen molar-refractivity contribution in [2.24, 2.45) is 4.99 Å². The summed E-state index contributed by atoms with van der Waals surface area (Å²) in [6.07, 6.45) is 4.02. The average molecular weight is 402 g/mol. The Labute approximate surface area is 155 Å². The second-order valence-electron chi connectivity index (χ2n) is 4.51. The Morgan fingerprint density at radius 1 is 1.35 bits per heavy atom. The zero-order valence-corrected chi connectivity index (χ0v) is 15.5. The minimum absolute atomic E-state index is 0.159.